The number of rotatable bonds is 6. The summed E-state index contributed by atoms with van der Waals surface area (Å²) >= 11 is 0. The van der Waals surface area contributed by atoms with E-state index in [9.17, 15) is 19.2 Å². The molecule has 0 saturated carbocycles. The number of aromatic nitrogens is 2. The molecule has 1 heterocycles. The summed E-state index contributed by atoms with van der Waals surface area (Å²) in [7, 11) is 2.61. The molecule has 0 aliphatic carbocycles. The van der Waals surface area contributed by atoms with Crippen LogP contribution in [0, 0.1) is 0 Å². The van der Waals surface area contributed by atoms with E-state index in [-0.39, 0.29) is 22.7 Å². The maximum atomic E-state index is 12.6. The van der Waals surface area contributed by atoms with Crippen molar-refractivity contribution in [1.29, 1.82) is 0 Å². The molecule has 30 heavy (non-hydrogen) atoms. The van der Waals surface area contributed by atoms with Gasteiger partial charge < -0.3 is 15.8 Å². The highest BCUT2D eigenvalue weighted by molar-refractivity contribution is 6.06. The molecule has 0 saturated heterocycles. The molecule has 0 unspecified atom stereocenters. The Bertz CT molecular complexity index is 1230. The van der Waals surface area contributed by atoms with Crippen LogP contribution >= 0.6 is 0 Å². The molecule has 154 valence electrons. The Morgan fingerprint density at radius 2 is 1.60 bits per heavy atom. The summed E-state index contributed by atoms with van der Waals surface area (Å²) in [5.41, 5.74) is 4.83. The summed E-state index contributed by atoms with van der Waals surface area (Å²) < 4.78 is 7.34. The van der Waals surface area contributed by atoms with Crippen LogP contribution < -0.4 is 27.0 Å². The third-order valence-electron chi connectivity index (χ3n) is 4.51. The van der Waals surface area contributed by atoms with Crippen molar-refractivity contribution in [2.45, 2.75) is 0 Å². The Morgan fingerprint density at radius 3 is 2.30 bits per heavy atom. The van der Waals surface area contributed by atoms with Gasteiger partial charge in [-0.25, -0.2) is 4.79 Å². The quantitative estimate of drug-likeness (QED) is 0.590. The van der Waals surface area contributed by atoms with E-state index in [2.05, 4.69) is 5.32 Å². The number of hydrogen-bond acceptors (Lipinski definition) is 6. The smallest absolute Gasteiger partial charge is 0.332 e. The van der Waals surface area contributed by atoms with E-state index in [1.165, 1.54) is 20.2 Å². The fraction of sp³-hybridized carbons (Fsp3) is 0.143. The van der Waals surface area contributed by atoms with Gasteiger partial charge in [0.1, 0.15) is 17.1 Å². The molecule has 0 atom stereocenters. The highest BCUT2D eigenvalue weighted by Gasteiger charge is 2.21. The molecule has 0 radical (unpaired) electrons. The van der Waals surface area contributed by atoms with E-state index in [1.807, 2.05) is 6.07 Å². The largest absolute Gasteiger partial charge is 0.485 e. The lowest BCUT2D eigenvalue weighted by molar-refractivity contribution is 0.0912. The Labute approximate surface area is 171 Å². The summed E-state index contributed by atoms with van der Waals surface area (Å²) in [6, 6.07) is 15.3. The van der Waals surface area contributed by atoms with Gasteiger partial charge in [-0.15, -0.1) is 0 Å². The van der Waals surface area contributed by atoms with Crippen LogP contribution in [0.15, 0.2) is 64.2 Å². The average molecular weight is 408 g/mol. The summed E-state index contributed by atoms with van der Waals surface area (Å²) in [4.78, 5) is 49.4. The van der Waals surface area contributed by atoms with Crippen molar-refractivity contribution in [3.8, 4) is 5.75 Å². The van der Waals surface area contributed by atoms with Crippen LogP contribution in [0.2, 0.25) is 0 Å². The number of Topliss-reactive ketones (excluding diaryl/α,β-unsaturated/α-hetero) is 1. The zero-order valence-corrected chi connectivity index (χ0v) is 16.4. The number of nitrogens with two attached hydrogens (primary N) is 1. The lowest BCUT2D eigenvalue weighted by Crippen LogP contribution is -2.42. The van der Waals surface area contributed by atoms with E-state index >= 15 is 0 Å². The molecule has 3 rings (SSSR count). The fourth-order valence-electron chi connectivity index (χ4n) is 2.84. The zero-order valence-electron chi connectivity index (χ0n) is 16.4. The average Bonchev–Trinajstić information content (AvgIpc) is 2.76. The van der Waals surface area contributed by atoms with Crippen molar-refractivity contribution in [2.24, 2.45) is 14.1 Å². The number of ketones is 1. The molecule has 0 spiro atoms. The molecule has 3 N–H and O–H groups in total. The summed E-state index contributed by atoms with van der Waals surface area (Å²) in [5.74, 6) is -1.20. The first-order valence-corrected chi connectivity index (χ1v) is 8.98. The summed E-state index contributed by atoms with van der Waals surface area (Å²) in [6.45, 7) is -0.534. The minimum atomic E-state index is -0.806. The number of carbonyl (C=O) groups excluding carboxylic acids is 2. The molecule has 0 fully saturated rings. The number of nitrogens with one attached hydrogen (secondary N) is 1. The first-order chi connectivity index (χ1) is 14.3. The Morgan fingerprint density at radius 1 is 0.967 bits per heavy atom. The Hall–Kier alpha value is -4.14. The van der Waals surface area contributed by atoms with Crippen LogP contribution in [0.4, 0.5) is 11.5 Å². The van der Waals surface area contributed by atoms with E-state index in [4.69, 9.17) is 10.5 Å². The standard InChI is InChI=1S/C21H20N4O5/c1-24-18(22)17(20(28)25(2)21(24)29)15(26)12-30-16-11-7-6-10-14(16)19(27)23-13-8-4-3-5-9-13/h3-11H,12,22H2,1-2H3,(H,23,27). The number of anilines is 2. The van der Waals surface area contributed by atoms with Crippen LogP contribution in [0.1, 0.15) is 20.7 Å². The number of hydrogen-bond donors (Lipinski definition) is 2. The lowest BCUT2D eigenvalue weighted by atomic mass is 10.1. The number of nitrogens with zero attached hydrogens (tertiary/aromatic N) is 2. The van der Waals surface area contributed by atoms with Gasteiger partial charge >= 0.3 is 5.69 Å². The molecule has 3 aromatic rings. The van der Waals surface area contributed by atoms with Crippen LogP contribution in [-0.4, -0.2) is 27.4 Å². The second-order valence-corrected chi connectivity index (χ2v) is 6.49. The number of benzene rings is 2. The molecule has 9 nitrogen and oxygen atoms in total. The first kappa shape index (κ1) is 20.6. The highest BCUT2D eigenvalue weighted by atomic mass is 16.5. The minimum absolute atomic E-state index is 0.166. The van der Waals surface area contributed by atoms with Gasteiger partial charge in [0.05, 0.1) is 5.56 Å². The Balaban J connectivity index is 1.82. The highest BCUT2D eigenvalue weighted by Crippen LogP contribution is 2.20. The van der Waals surface area contributed by atoms with Crippen molar-refractivity contribution in [3.63, 3.8) is 0 Å². The van der Waals surface area contributed by atoms with Gasteiger partial charge in [0.15, 0.2) is 6.61 Å². The van der Waals surface area contributed by atoms with Crippen molar-refractivity contribution in [1.82, 2.24) is 9.13 Å². The van der Waals surface area contributed by atoms with Crippen molar-refractivity contribution in [3.05, 3.63) is 86.6 Å². The first-order valence-electron chi connectivity index (χ1n) is 8.98. The molecule has 0 bridgehead atoms. The predicted octanol–water partition coefficient (Wildman–Crippen LogP) is 1.18. The second-order valence-electron chi connectivity index (χ2n) is 6.49. The van der Waals surface area contributed by atoms with Crippen LogP contribution in [0.5, 0.6) is 5.75 Å². The fourth-order valence-corrected chi connectivity index (χ4v) is 2.84. The molecular weight excluding hydrogens is 388 g/mol. The van der Waals surface area contributed by atoms with Crippen LogP contribution in [0.3, 0.4) is 0 Å². The lowest BCUT2D eigenvalue weighted by Gasteiger charge is -2.13. The van der Waals surface area contributed by atoms with Crippen LogP contribution in [0.25, 0.3) is 0 Å². The van der Waals surface area contributed by atoms with Gasteiger partial charge in [0.2, 0.25) is 5.78 Å². The van der Waals surface area contributed by atoms with Gasteiger partial charge in [-0.1, -0.05) is 30.3 Å². The van der Waals surface area contributed by atoms with Gasteiger partial charge in [-0.2, -0.15) is 0 Å². The third-order valence-corrected chi connectivity index (χ3v) is 4.51. The van der Waals surface area contributed by atoms with E-state index in [0.29, 0.717) is 5.69 Å². The molecule has 1 aromatic heterocycles. The van der Waals surface area contributed by atoms with E-state index in [0.717, 1.165) is 9.13 Å². The van der Waals surface area contributed by atoms with E-state index < -0.39 is 29.5 Å². The molecule has 2 aromatic carbocycles. The summed E-state index contributed by atoms with van der Waals surface area (Å²) in [6.07, 6.45) is 0. The number of ether oxygens (including phenoxy) is 1. The molecule has 9 heteroatoms. The second kappa shape index (κ2) is 8.48. The molecule has 0 aliphatic rings. The van der Waals surface area contributed by atoms with Crippen molar-refractivity contribution in [2.75, 3.05) is 17.7 Å². The molecular formula is C21H20N4O5. The summed E-state index contributed by atoms with van der Waals surface area (Å²) in [5, 5.41) is 2.74. The topological polar surface area (TPSA) is 125 Å². The van der Waals surface area contributed by atoms with Gasteiger partial charge in [0.25, 0.3) is 11.5 Å². The maximum Gasteiger partial charge on any atom is 0.332 e. The van der Waals surface area contributed by atoms with Gasteiger partial charge in [-0.3, -0.25) is 23.5 Å². The predicted molar refractivity (Wildman–Crippen MR) is 112 cm³/mol. The van der Waals surface area contributed by atoms with Gasteiger partial charge in [0, 0.05) is 19.8 Å². The van der Waals surface area contributed by atoms with Crippen molar-refractivity contribution < 1.29 is 14.3 Å². The van der Waals surface area contributed by atoms with Crippen LogP contribution in [-0.2, 0) is 14.1 Å². The number of para-hydroxylation sites is 2. The number of nitrogen functional groups attached to an aromatic ring is 1. The van der Waals surface area contributed by atoms with Crippen molar-refractivity contribution >= 4 is 23.2 Å². The van der Waals surface area contributed by atoms with Gasteiger partial charge in [-0.05, 0) is 24.3 Å². The minimum Gasteiger partial charge on any atom is -0.485 e. The molecule has 0 aliphatic heterocycles. The maximum absolute atomic E-state index is 12.6. The molecule has 1 amide bonds. The number of amides is 1. The normalized spacial score (nSPS) is 10.5. The number of carbonyl (C=O) groups is 2. The SMILES string of the molecule is Cn1c(N)c(C(=O)COc2ccccc2C(=O)Nc2ccccc2)c(=O)n(C)c1=O. The monoisotopic (exact) mass is 408 g/mol. The third kappa shape index (κ3) is 4.00. The van der Waals surface area contributed by atoms with E-state index in [1.54, 1.807) is 42.5 Å². The Kier molecular flexibility index (Phi) is 5.82. The zero-order chi connectivity index (χ0) is 21.8.